The molecular formula is C13H18O5. The van der Waals surface area contributed by atoms with Crippen molar-refractivity contribution >= 4 is 5.97 Å². The van der Waals surface area contributed by atoms with Gasteiger partial charge in [-0.25, -0.2) is 4.79 Å². The van der Waals surface area contributed by atoms with E-state index in [1.54, 1.807) is 31.2 Å². The van der Waals surface area contributed by atoms with Crippen LogP contribution in [0.25, 0.3) is 0 Å². The second kappa shape index (κ2) is 7.10. The van der Waals surface area contributed by atoms with Crippen molar-refractivity contribution in [2.45, 2.75) is 25.6 Å². The first-order valence-electron chi connectivity index (χ1n) is 5.82. The zero-order valence-electron chi connectivity index (χ0n) is 10.2. The Labute approximate surface area is 106 Å². The van der Waals surface area contributed by atoms with Crippen molar-refractivity contribution in [1.82, 2.24) is 0 Å². The third-order valence-corrected chi connectivity index (χ3v) is 2.52. The van der Waals surface area contributed by atoms with Crippen molar-refractivity contribution in [3.63, 3.8) is 0 Å². The van der Waals surface area contributed by atoms with Gasteiger partial charge in [-0.15, -0.1) is 0 Å². The minimum Gasteiger partial charge on any atom is -0.464 e. The Morgan fingerprint density at radius 2 is 2.11 bits per heavy atom. The molecule has 0 aromatic heterocycles. The lowest BCUT2D eigenvalue weighted by Gasteiger charge is -2.17. The van der Waals surface area contributed by atoms with E-state index in [4.69, 9.17) is 5.11 Å². The summed E-state index contributed by atoms with van der Waals surface area (Å²) in [5.74, 6) is -0.849. The standard InChI is InChI=1S/C13H18O5/c1-2-18-13(17)12(16)11(15)10-5-3-4-9(8-10)6-7-14/h3-5,8,11-12,14-16H,2,6-7H2,1H3. The SMILES string of the molecule is CCOC(=O)C(O)C(O)c1cccc(CCO)c1. The van der Waals surface area contributed by atoms with Gasteiger partial charge in [0.15, 0.2) is 6.10 Å². The van der Waals surface area contributed by atoms with Gasteiger partial charge in [-0.1, -0.05) is 24.3 Å². The third kappa shape index (κ3) is 3.80. The fourth-order valence-electron chi connectivity index (χ4n) is 1.60. The highest BCUT2D eigenvalue weighted by Crippen LogP contribution is 2.19. The van der Waals surface area contributed by atoms with Crippen LogP contribution in [0, 0.1) is 0 Å². The maximum Gasteiger partial charge on any atom is 0.338 e. The lowest BCUT2D eigenvalue weighted by atomic mass is 10.0. The van der Waals surface area contributed by atoms with Gasteiger partial charge in [-0.3, -0.25) is 0 Å². The Hall–Kier alpha value is -1.43. The summed E-state index contributed by atoms with van der Waals surface area (Å²) in [6, 6.07) is 6.74. The smallest absolute Gasteiger partial charge is 0.338 e. The summed E-state index contributed by atoms with van der Waals surface area (Å²) in [5, 5.41) is 28.3. The highest BCUT2D eigenvalue weighted by Gasteiger charge is 2.26. The average molecular weight is 254 g/mol. The lowest BCUT2D eigenvalue weighted by Crippen LogP contribution is -2.29. The Balaban J connectivity index is 2.79. The van der Waals surface area contributed by atoms with Crippen molar-refractivity contribution in [3.8, 4) is 0 Å². The Morgan fingerprint density at radius 3 is 2.72 bits per heavy atom. The molecule has 0 saturated carbocycles. The van der Waals surface area contributed by atoms with E-state index in [9.17, 15) is 15.0 Å². The van der Waals surface area contributed by atoms with E-state index < -0.39 is 18.2 Å². The van der Waals surface area contributed by atoms with Crippen molar-refractivity contribution in [1.29, 1.82) is 0 Å². The first kappa shape index (κ1) is 14.6. The van der Waals surface area contributed by atoms with E-state index in [0.29, 0.717) is 12.0 Å². The van der Waals surface area contributed by atoms with Crippen LogP contribution in [0.15, 0.2) is 24.3 Å². The molecule has 5 heteroatoms. The number of carbonyl (C=O) groups is 1. The van der Waals surface area contributed by atoms with E-state index in [1.165, 1.54) is 0 Å². The summed E-state index contributed by atoms with van der Waals surface area (Å²) >= 11 is 0. The van der Waals surface area contributed by atoms with Gasteiger partial charge >= 0.3 is 5.97 Å². The molecule has 0 amide bonds. The van der Waals surface area contributed by atoms with Crippen molar-refractivity contribution in [2.24, 2.45) is 0 Å². The summed E-state index contributed by atoms with van der Waals surface area (Å²) in [4.78, 5) is 11.3. The number of carbonyl (C=O) groups excluding carboxylic acids is 1. The van der Waals surface area contributed by atoms with Crippen molar-refractivity contribution < 1.29 is 24.9 Å². The fraction of sp³-hybridized carbons (Fsp3) is 0.462. The van der Waals surface area contributed by atoms with Gasteiger partial charge in [0, 0.05) is 6.61 Å². The predicted octanol–water partition coefficient (Wildman–Crippen LogP) is 0.179. The first-order chi connectivity index (χ1) is 8.60. The molecule has 0 bridgehead atoms. The number of hydrogen-bond donors (Lipinski definition) is 3. The van der Waals surface area contributed by atoms with Crippen LogP contribution in [0.4, 0.5) is 0 Å². The Bertz CT molecular complexity index is 391. The molecule has 0 aliphatic carbocycles. The number of ether oxygens (including phenoxy) is 1. The van der Waals surface area contributed by atoms with Crippen molar-refractivity contribution in [3.05, 3.63) is 35.4 Å². The maximum atomic E-state index is 11.3. The zero-order chi connectivity index (χ0) is 13.5. The van der Waals surface area contributed by atoms with Crippen LogP contribution in [0.2, 0.25) is 0 Å². The number of aliphatic hydroxyl groups is 3. The molecule has 100 valence electrons. The van der Waals surface area contributed by atoms with Crippen LogP contribution in [-0.4, -0.2) is 40.6 Å². The highest BCUT2D eigenvalue weighted by atomic mass is 16.5. The van der Waals surface area contributed by atoms with E-state index in [0.717, 1.165) is 5.56 Å². The molecule has 0 aliphatic rings. The van der Waals surface area contributed by atoms with E-state index >= 15 is 0 Å². The van der Waals surface area contributed by atoms with Crippen LogP contribution in [0.5, 0.6) is 0 Å². The monoisotopic (exact) mass is 254 g/mol. The molecule has 0 spiro atoms. The molecule has 18 heavy (non-hydrogen) atoms. The summed E-state index contributed by atoms with van der Waals surface area (Å²) in [7, 11) is 0. The maximum absolute atomic E-state index is 11.3. The molecule has 0 saturated heterocycles. The predicted molar refractivity (Wildman–Crippen MR) is 64.8 cm³/mol. The Kier molecular flexibility index (Phi) is 5.77. The van der Waals surface area contributed by atoms with Crippen LogP contribution in [-0.2, 0) is 16.0 Å². The quantitative estimate of drug-likeness (QED) is 0.630. The van der Waals surface area contributed by atoms with Gasteiger partial charge in [0.2, 0.25) is 0 Å². The van der Waals surface area contributed by atoms with E-state index in [1.807, 2.05) is 0 Å². The molecule has 1 rings (SSSR count). The molecule has 0 fully saturated rings. The van der Waals surface area contributed by atoms with Crippen LogP contribution >= 0.6 is 0 Å². The van der Waals surface area contributed by atoms with Crippen LogP contribution < -0.4 is 0 Å². The summed E-state index contributed by atoms with van der Waals surface area (Å²) in [6.07, 6.45) is -2.48. The first-order valence-corrected chi connectivity index (χ1v) is 5.82. The molecule has 0 heterocycles. The molecule has 1 aromatic carbocycles. The minimum atomic E-state index is -1.60. The van der Waals surface area contributed by atoms with Crippen LogP contribution in [0.1, 0.15) is 24.2 Å². The molecular weight excluding hydrogens is 236 g/mol. The average Bonchev–Trinajstić information content (AvgIpc) is 2.38. The highest BCUT2D eigenvalue weighted by molar-refractivity contribution is 5.75. The van der Waals surface area contributed by atoms with Gasteiger partial charge in [-0.2, -0.15) is 0 Å². The molecule has 3 N–H and O–H groups in total. The molecule has 0 radical (unpaired) electrons. The second-order valence-electron chi connectivity index (χ2n) is 3.86. The Morgan fingerprint density at radius 1 is 1.39 bits per heavy atom. The number of benzene rings is 1. The van der Waals surface area contributed by atoms with Gasteiger partial charge in [0.25, 0.3) is 0 Å². The second-order valence-corrected chi connectivity index (χ2v) is 3.86. The molecule has 5 nitrogen and oxygen atoms in total. The largest absolute Gasteiger partial charge is 0.464 e. The molecule has 0 aliphatic heterocycles. The number of hydrogen-bond acceptors (Lipinski definition) is 5. The zero-order valence-corrected chi connectivity index (χ0v) is 10.2. The number of esters is 1. The van der Waals surface area contributed by atoms with Crippen LogP contribution in [0.3, 0.4) is 0 Å². The van der Waals surface area contributed by atoms with Crippen molar-refractivity contribution in [2.75, 3.05) is 13.2 Å². The lowest BCUT2D eigenvalue weighted by molar-refractivity contribution is -0.159. The van der Waals surface area contributed by atoms with E-state index in [-0.39, 0.29) is 13.2 Å². The summed E-state index contributed by atoms with van der Waals surface area (Å²) in [6.45, 7) is 1.77. The summed E-state index contributed by atoms with van der Waals surface area (Å²) in [5.41, 5.74) is 1.24. The minimum absolute atomic E-state index is 0.0000213. The molecule has 2 unspecified atom stereocenters. The van der Waals surface area contributed by atoms with Gasteiger partial charge < -0.3 is 20.1 Å². The van der Waals surface area contributed by atoms with E-state index in [2.05, 4.69) is 4.74 Å². The third-order valence-electron chi connectivity index (χ3n) is 2.52. The number of rotatable bonds is 6. The van der Waals surface area contributed by atoms with Gasteiger partial charge in [-0.05, 0) is 24.5 Å². The van der Waals surface area contributed by atoms with Gasteiger partial charge in [0.1, 0.15) is 6.10 Å². The number of aliphatic hydroxyl groups excluding tert-OH is 3. The molecule has 1 aromatic rings. The fourth-order valence-corrected chi connectivity index (χ4v) is 1.60. The topological polar surface area (TPSA) is 87.0 Å². The molecule has 2 atom stereocenters. The normalized spacial score (nSPS) is 14.0. The summed E-state index contributed by atoms with van der Waals surface area (Å²) < 4.78 is 4.64. The van der Waals surface area contributed by atoms with Gasteiger partial charge in [0.05, 0.1) is 6.61 Å².